The lowest BCUT2D eigenvalue weighted by molar-refractivity contribution is 0.558. The van der Waals surface area contributed by atoms with E-state index < -0.39 is 0 Å². The van der Waals surface area contributed by atoms with Crippen LogP contribution in [0.3, 0.4) is 0 Å². The predicted molar refractivity (Wildman–Crippen MR) is 89.2 cm³/mol. The number of rotatable bonds is 2. The first-order valence-electron chi connectivity index (χ1n) is 7.21. The molecule has 1 atom stereocenters. The van der Waals surface area contributed by atoms with Gasteiger partial charge in [0.25, 0.3) is 0 Å². The van der Waals surface area contributed by atoms with Gasteiger partial charge in [0.15, 0.2) is 0 Å². The van der Waals surface area contributed by atoms with Crippen LogP contribution in [0.4, 0.5) is 0 Å². The number of hydrogen-bond acceptors (Lipinski definition) is 3. The molecule has 0 spiro atoms. The molecule has 3 aromatic heterocycles. The van der Waals surface area contributed by atoms with Crippen molar-refractivity contribution in [1.82, 2.24) is 14.4 Å². The van der Waals surface area contributed by atoms with Crippen LogP contribution in [0.2, 0.25) is 5.02 Å². The Morgan fingerprint density at radius 3 is 2.45 bits per heavy atom. The van der Waals surface area contributed by atoms with E-state index in [4.69, 9.17) is 22.3 Å². The molecule has 0 bridgehead atoms. The van der Waals surface area contributed by atoms with Crippen LogP contribution in [0.1, 0.15) is 43.8 Å². The highest BCUT2D eigenvalue weighted by Gasteiger charge is 2.27. The second-order valence-corrected chi connectivity index (χ2v) is 6.87. The van der Waals surface area contributed by atoms with E-state index in [9.17, 15) is 0 Å². The minimum absolute atomic E-state index is 0.113. The Bertz CT molecular complexity index is 803. The number of imidazole rings is 1. The summed E-state index contributed by atoms with van der Waals surface area (Å²) in [5.41, 5.74) is 10.2. The van der Waals surface area contributed by atoms with Crippen LogP contribution in [-0.4, -0.2) is 14.4 Å². The quantitative estimate of drug-likeness (QED) is 0.784. The van der Waals surface area contributed by atoms with Crippen molar-refractivity contribution in [2.45, 2.75) is 32.2 Å². The summed E-state index contributed by atoms with van der Waals surface area (Å²) >= 11 is 6.17. The highest BCUT2D eigenvalue weighted by atomic mass is 35.5. The van der Waals surface area contributed by atoms with Crippen molar-refractivity contribution in [1.29, 1.82) is 0 Å². The van der Waals surface area contributed by atoms with Crippen LogP contribution in [0, 0.1) is 0 Å². The Morgan fingerprint density at radius 1 is 1.14 bits per heavy atom. The Balaban J connectivity index is 2.28. The maximum Gasteiger partial charge on any atom is 0.137 e. The molecular weight excluding hydrogens is 296 g/mol. The van der Waals surface area contributed by atoms with Crippen LogP contribution in [0.25, 0.3) is 5.65 Å². The first-order valence-corrected chi connectivity index (χ1v) is 7.59. The van der Waals surface area contributed by atoms with Gasteiger partial charge in [-0.15, -0.1) is 0 Å². The average molecular weight is 315 g/mol. The van der Waals surface area contributed by atoms with Gasteiger partial charge in [-0.1, -0.05) is 32.4 Å². The van der Waals surface area contributed by atoms with E-state index in [1.165, 1.54) is 0 Å². The third kappa shape index (κ3) is 2.60. The zero-order valence-electron chi connectivity index (χ0n) is 12.9. The van der Waals surface area contributed by atoms with Crippen LogP contribution < -0.4 is 5.73 Å². The van der Waals surface area contributed by atoms with Crippen LogP contribution in [0.5, 0.6) is 0 Å². The number of hydrogen-bond donors (Lipinski definition) is 1. The molecular formula is C17H19ClN4. The molecule has 0 saturated heterocycles. The summed E-state index contributed by atoms with van der Waals surface area (Å²) in [6, 6.07) is 7.34. The number of aromatic nitrogens is 3. The molecule has 5 heteroatoms. The van der Waals surface area contributed by atoms with Crippen molar-refractivity contribution < 1.29 is 0 Å². The molecule has 0 aliphatic carbocycles. The largest absolute Gasteiger partial charge is 0.319 e. The van der Waals surface area contributed by atoms with E-state index in [1.54, 1.807) is 12.4 Å². The van der Waals surface area contributed by atoms with Crippen molar-refractivity contribution in [3.63, 3.8) is 0 Å². The third-order valence-corrected chi connectivity index (χ3v) is 3.91. The molecule has 3 rings (SSSR count). The van der Waals surface area contributed by atoms with E-state index >= 15 is 0 Å². The smallest absolute Gasteiger partial charge is 0.137 e. The fourth-order valence-corrected chi connectivity index (χ4v) is 2.78. The highest BCUT2D eigenvalue weighted by molar-refractivity contribution is 6.30. The third-order valence-electron chi connectivity index (χ3n) is 3.69. The van der Waals surface area contributed by atoms with Crippen molar-refractivity contribution in [3.05, 3.63) is 64.8 Å². The second kappa shape index (κ2) is 5.38. The summed E-state index contributed by atoms with van der Waals surface area (Å²) in [4.78, 5) is 8.84. The minimum atomic E-state index is -0.286. The Hall–Kier alpha value is -1.91. The van der Waals surface area contributed by atoms with Crippen LogP contribution >= 0.6 is 11.6 Å². The van der Waals surface area contributed by atoms with Gasteiger partial charge in [-0.05, 0) is 29.8 Å². The minimum Gasteiger partial charge on any atom is -0.319 e. The monoisotopic (exact) mass is 314 g/mol. The lowest BCUT2D eigenvalue weighted by Crippen LogP contribution is -2.21. The van der Waals surface area contributed by atoms with Gasteiger partial charge >= 0.3 is 0 Å². The van der Waals surface area contributed by atoms with Gasteiger partial charge < -0.3 is 10.1 Å². The zero-order valence-corrected chi connectivity index (χ0v) is 13.7. The summed E-state index contributed by atoms with van der Waals surface area (Å²) in [5, 5.41) is 0.661. The van der Waals surface area contributed by atoms with E-state index in [0.717, 1.165) is 22.6 Å². The topological polar surface area (TPSA) is 56.2 Å². The van der Waals surface area contributed by atoms with Crippen molar-refractivity contribution >= 4 is 17.2 Å². The number of nitrogens with zero attached hydrogens (tertiary/aromatic N) is 3. The predicted octanol–water partition coefficient (Wildman–Crippen LogP) is 3.73. The van der Waals surface area contributed by atoms with Gasteiger partial charge in [-0.25, -0.2) is 4.98 Å². The number of pyridine rings is 2. The van der Waals surface area contributed by atoms with Gasteiger partial charge in [0.1, 0.15) is 5.65 Å². The Kier molecular flexibility index (Phi) is 3.67. The maximum absolute atomic E-state index is 6.54. The van der Waals surface area contributed by atoms with Gasteiger partial charge in [-0.3, -0.25) is 4.98 Å². The molecule has 0 aliphatic heterocycles. The summed E-state index contributed by atoms with van der Waals surface area (Å²) < 4.78 is 1.99. The molecule has 0 aromatic carbocycles. The highest BCUT2D eigenvalue weighted by Crippen LogP contribution is 2.32. The van der Waals surface area contributed by atoms with Gasteiger partial charge in [0.05, 0.1) is 22.5 Å². The molecule has 114 valence electrons. The van der Waals surface area contributed by atoms with Crippen molar-refractivity contribution in [3.8, 4) is 0 Å². The molecule has 3 heterocycles. The van der Waals surface area contributed by atoms with Crippen molar-refractivity contribution in [2.75, 3.05) is 0 Å². The Morgan fingerprint density at radius 2 is 1.82 bits per heavy atom. The molecule has 0 amide bonds. The van der Waals surface area contributed by atoms with E-state index in [1.807, 2.05) is 34.9 Å². The second-order valence-electron chi connectivity index (χ2n) is 6.43. The zero-order chi connectivity index (χ0) is 15.9. The lowest BCUT2D eigenvalue weighted by atomic mass is 9.88. The molecule has 0 saturated carbocycles. The summed E-state index contributed by atoms with van der Waals surface area (Å²) in [6.07, 6.45) is 5.37. The molecule has 22 heavy (non-hydrogen) atoms. The normalized spacial score (nSPS) is 13.5. The van der Waals surface area contributed by atoms with E-state index in [2.05, 4.69) is 25.8 Å². The van der Waals surface area contributed by atoms with Gasteiger partial charge in [0, 0.05) is 24.0 Å². The Labute approximate surface area is 135 Å². The summed E-state index contributed by atoms with van der Waals surface area (Å²) in [5.74, 6) is 0. The lowest BCUT2D eigenvalue weighted by Gasteiger charge is -2.21. The number of nitrogens with two attached hydrogens (primary N) is 1. The molecule has 4 nitrogen and oxygen atoms in total. The van der Waals surface area contributed by atoms with Gasteiger partial charge in [-0.2, -0.15) is 0 Å². The van der Waals surface area contributed by atoms with E-state index in [0.29, 0.717) is 5.02 Å². The van der Waals surface area contributed by atoms with Crippen LogP contribution in [0.15, 0.2) is 42.9 Å². The maximum atomic E-state index is 6.54. The average Bonchev–Trinajstić information content (AvgIpc) is 2.86. The summed E-state index contributed by atoms with van der Waals surface area (Å²) in [6.45, 7) is 6.41. The molecule has 1 unspecified atom stereocenters. The first kappa shape index (κ1) is 15.0. The van der Waals surface area contributed by atoms with Gasteiger partial charge in [0.2, 0.25) is 0 Å². The van der Waals surface area contributed by atoms with Crippen molar-refractivity contribution in [2.24, 2.45) is 5.73 Å². The molecule has 2 N–H and O–H groups in total. The van der Waals surface area contributed by atoms with E-state index in [-0.39, 0.29) is 11.5 Å². The fraction of sp³-hybridized carbons (Fsp3) is 0.294. The SMILES string of the molecule is CC(C)(C)c1nc2ccc(Cl)cn2c1C(N)c1ccncc1. The molecule has 0 fully saturated rings. The first-order chi connectivity index (χ1) is 10.4. The number of fused-ring (bicyclic) bond motifs is 1. The molecule has 0 aliphatic rings. The van der Waals surface area contributed by atoms with Crippen LogP contribution in [-0.2, 0) is 5.41 Å². The summed E-state index contributed by atoms with van der Waals surface area (Å²) in [7, 11) is 0. The molecule has 0 radical (unpaired) electrons. The standard InChI is InChI=1S/C17H19ClN4/c1-17(2,3)16-15(14(19)11-6-8-20-9-7-11)22-10-12(18)4-5-13(22)21-16/h4-10,14H,19H2,1-3H3. The molecule has 3 aromatic rings. The fourth-order valence-electron chi connectivity index (χ4n) is 2.61. The number of halogens is 1.